The standard InChI is InChI=1S/C32H64NO9P/c1-3-4-5-6-7-8-9-12-15-18-21-24-32(35)42-31(28-41-43(36,37)38)27-40-29-39-26-23-20-17-14-11-10-13-16-19-22-25-33-30(2)34/h31H,3-29H2,1-2H3,(H,33,34)(H2,36,37,38)/t31-/m1/s1. The van der Waals surface area contributed by atoms with Crippen LogP contribution < -0.4 is 5.32 Å². The maximum Gasteiger partial charge on any atom is 0.469 e. The lowest BCUT2D eigenvalue weighted by Crippen LogP contribution is -2.28. The molecule has 0 heterocycles. The van der Waals surface area contributed by atoms with Gasteiger partial charge >= 0.3 is 13.8 Å². The van der Waals surface area contributed by atoms with E-state index in [0.717, 1.165) is 45.1 Å². The Morgan fingerprint density at radius 3 is 1.67 bits per heavy atom. The molecule has 0 fully saturated rings. The van der Waals surface area contributed by atoms with Crippen molar-refractivity contribution in [3.63, 3.8) is 0 Å². The highest BCUT2D eigenvalue weighted by atomic mass is 31.2. The Bertz CT molecular complexity index is 690. The summed E-state index contributed by atoms with van der Waals surface area (Å²) in [5.41, 5.74) is 0. The van der Waals surface area contributed by atoms with E-state index in [-0.39, 0.29) is 25.7 Å². The molecular weight excluding hydrogens is 573 g/mol. The van der Waals surface area contributed by atoms with Gasteiger partial charge in [0.25, 0.3) is 0 Å². The Hall–Kier alpha value is -1.03. The lowest BCUT2D eigenvalue weighted by Gasteiger charge is -2.18. The van der Waals surface area contributed by atoms with Crippen LogP contribution in [0.5, 0.6) is 0 Å². The predicted octanol–water partition coefficient (Wildman–Crippen LogP) is 7.74. The van der Waals surface area contributed by atoms with Crippen molar-refractivity contribution < 1.29 is 42.7 Å². The molecule has 0 aromatic heterocycles. The number of amides is 1. The van der Waals surface area contributed by atoms with E-state index >= 15 is 0 Å². The van der Waals surface area contributed by atoms with Crippen molar-refractivity contribution in [2.24, 2.45) is 0 Å². The predicted molar refractivity (Wildman–Crippen MR) is 171 cm³/mol. The quantitative estimate of drug-likeness (QED) is 0.0285. The van der Waals surface area contributed by atoms with Gasteiger partial charge in [-0.2, -0.15) is 0 Å². The summed E-state index contributed by atoms with van der Waals surface area (Å²) in [6.45, 7) is 4.64. The van der Waals surface area contributed by atoms with Crippen molar-refractivity contribution in [2.75, 3.05) is 33.2 Å². The maximum absolute atomic E-state index is 12.3. The Balaban J connectivity index is 3.79. The SMILES string of the molecule is CCCCCCCCCCCCCC(=O)O[C@H](COCOCCCCCCCCCCCCNC(C)=O)COP(=O)(O)O. The molecule has 1 atom stereocenters. The summed E-state index contributed by atoms with van der Waals surface area (Å²) in [5, 5.41) is 2.83. The van der Waals surface area contributed by atoms with E-state index in [0.29, 0.717) is 6.61 Å². The van der Waals surface area contributed by atoms with E-state index in [1.165, 1.54) is 96.3 Å². The molecule has 0 saturated heterocycles. The summed E-state index contributed by atoms with van der Waals surface area (Å²) in [6.07, 6.45) is 24.0. The third kappa shape index (κ3) is 35.3. The van der Waals surface area contributed by atoms with Gasteiger partial charge in [-0.15, -0.1) is 0 Å². The van der Waals surface area contributed by atoms with Crippen molar-refractivity contribution in [3.8, 4) is 0 Å². The first-order valence-corrected chi connectivity index (χ1v) is 18.6. The molecule has 0 aliphatic carbocycles. The van der Waals surface area contributed by atoms with Crippen LogP contribution >= 0.6 is 7.82 Å². The summed E-state index contributed by atoms with van der Waals surface area (Å²) in [4.78, 5) is 41.1. The summed E-state index contributed by atoms with van der Waals surface area (Å²) < 4.78 is 32.0. The first-order valence-electron chi connectivity index (χ1n) is 17.0. The molecule has 0 unspecified atom stereocenters. The van der Waals surface area contributed by atoms with E-state index in [4.69, 9.17) is 24.0 Å². The minimum Gasteiger partial charge on any atom is -0.457 e. The Morgan fingerprint density at radius 1 is 0.674 bits per heavy atom. The highest BCUT2D eigenvalue weighted by Crippen LogP contribution is 2.35. The number of phosphoric acid groups is 1. The molecule has 0 aliphatic rings. The molecule has 0 aromatic rings. The number of carbonyl (C=O) groups excluding carboxylic acids is 2. The van der Waals surface area contributed by atoms with E-state index in [9.17, 15) is 14.2 Å². The topological polar surface area (TPSA) is 141 Å². The number of phosphoric ester groups is 1. The van der Waals surface area contributed by atoms with Gasteiger partial charge in [-0.05, 0) is 19.3 Å². The van der Waals surface area contributed by atoms with Crippen LogP contribution in [0, 0.1) is 0 Å². The van der Waals surface area contributed by atoms with Crippen LogP contribution in [0.4, 0.5) is 0 Å². The van der Waals surface area contributed by atoms with Gasteiger partial charge in [0.1, 0.15) is 12.9 Å². The number of hydrogen-bond donors (Lipinski definition) is 3. The van der Waals surface area contributed by atoms with Crippen molar-refractivity contribution >= 4 is 19.7 Å². The maximum atomic E-state index is 12.3. The highest BCUT2D eigenvalue weighted by molar-refractivity contribution is 7.46. The molecule has 0 aromatic carbocycles. The molecule has 0 rings (SSSR count). The lowest BCUT2D eigenvalue weighted by atomic mass is 10.1. The molecule has 0 saturated carbocycles. The summed E-state index contributed by atoms with van der Waals surface area (Å²) in [7, 11) is -4.68. The average Bonchev–Trinajstić information content (AvgIpc) is 2.95. The number of esters is 1. The first kappa shape index (κ1) is 42.0. The molecule has 10 nitrogen and oxygen atoms in total. The smallest absolute Gasteiger partial charge is 0.457 e. The minimum absolute atomic E-state index is 0.0184. The van der Waals surface area contributed by atoms with Crippen LogP contribution in [-0.2, 0) is 32.9 Å². The van der Waals surface area contributed by atoms with E-state index in [2.05, 4.69) is 16.8 Å². The number of hydrogen-bond acceptors (Lipinski definition) is 7. The van der Waals surface area contributed by atoms with Gasteiger partial charge in [0, 0.05) is 26.5 Å². The first-order chi connectivity index (χ1) is 20.7. The zero-order valence-corrected chi connectivity index (χ0v) is 28.3. The van der Waals surface area contributed by atoms with Gasteiger partial charge in [-0.1, -0.05) is 122 Å². The molecule has 0 spiro atoms. The Labute approximate surface area is 262 Å². The van der Waals surface area contributed by atoms with Crippen LogP contribution in [0.1, 0.15) is 155 Å². The molecule has 256 valence electrons. The molecule has 0 aliphatic heterocycles. The van der Waals surface area contributed by atoms with Gasteiger partial charge in [0.15, 0.2) is 0 Å². The van der Waals surface area contributed by atoms with Crippen molar-refractivity contribution in [1.29, 1.82) is 0 Å². The van der Waals surface area contributed by atoms with Gasteiger partial charge in [0.05, 0.1) is 13.2 Å². The monoisotopic (exact) mass is 637 g/mol. The Morgan fingerprint density at radius 2 is 1.16 bits per heavy atom. The second-order valence-corrected chi connectivity index (χ2v) is 12.8. The number of unbranched alkanes of at least 4 members (excludes halogenated alkanes) is 19. The van der Waals surface area contributed by atoms with Gasteiger partial charge < -0.3 is 29.3 Å². The minimum atomic E-state index is -4.68. The van der Waals surface area contributed by atoms with Crippen molar-refractivity contribution in [1.82, 2.24) is 5.32 Å². The van der Waals surface area contributed by atoms with E-state index in [1.54, 1.807) is 6.92 Å². The van der Waals surface area contributed by atoms with Crippen LogP contribution in [0.3, 0.4) is 0 Å². The molecule has 11 heteroatoms. The summed E-state index contributed by atoms with van der Waals surface area (Å²) >= 11 is 0. The van der Waals surface area contributed by atoms with Gasteiger partial charge in [-0.3, -0.25) is 14.1 Å². The Kier molecular flexibility index (Phi) is 30.2. The molecule has 3 N–H and O–H groups in total. The van der Waals surface area contributed by atoms with E-state index in [1.807, 2.05) is 0 Å². The average molecular weight is 638 g/mol. The lowest BCUT2D eigenvalue weighted by molar-refractivity contribution is -0.158. The summed E-state index contributed by atoms with van der Waals surface area (Å²) in [6, 6.07) is 0. The fraction of sp³-hybridized carbons (Fsp3) is 0.938. The molecule has 0 radical (unpaired) electrons. The molecule has 1 amide bonds. The second kappa shape index (κ2) is 31.0. The zero-order valence-electron chi connectivity index (χ0n) is 27.4. The van der Waals surface area contributed by atoms with Gasteiger partial charge in [-0.25, -0.2) is 4.57 Å². The largest absolute Gasteiger partial charge is 0.469 e. The molecule has 0 bridgehead atoms. The number of ether oxygens (including phenoxy) is 3. The fourth-order valence-electron chi connectivity index (χ4n) is 4.78. The van der Waals surface area contributed by atoms with Crippen LogP contribution in [0.2, 0.25) is 0 Å². The van der Waals surface area contributed by atoms with E-state index < -0.39 is 26.5 Å². The van der Waals surface area contributed by atoms with Gasteiger partial charge in [0.2, 0.25) is 5.91 Å². The third-order valence-corrected chi connectivity index (χ3v) is 7.76. The second-order valence-electron chi connectivity index (χ2n) is 11.6. The number of carbonyl (C=O) groups is 2. The van der Waals surface area contributed by atoms with Crippen molar-refractivity contribution in [3.05, 3.63) is 0 Å². The van der Waals surface area contributed by atoms with Crippen molar-refractivity contribution in [2.45, 2.75) is 161 Å². The normalized spacial score (nSPS) is 12.4. The van der Waals surface area contributed by atoms with Crippen LogP contribution in [-0.4, -0.2) is 60.9 Å². The summed E-state index contributed by atoms with van der Waals surface area (Å²) in [5.74, 6) is -0.373. The highest BCUT2D eigenvalue weighted by Gasteiger charge is 2.21. The molecule has 43 heavy (non-hydrogen) atoms. The van der Waals surface area contributed by atoms with Crippen LogP contribution in [0.25, 0.3) is 0 Å². The molecular formula is C32H64NO9P. The number of rotatable bonds is 33. The third-order valence-electron chi connectivity index (χ3n) is 7.27. The van der Waals surface area contributed by atoms with Crippen LogP contribution in [0.15, 0.2) is 0 Å². The fourth-order valence-corrected chi connectivity index (χ4v) is 5.14. The zero-order chi connectivity index (χ0) is 31.9. The number of nitrogens with one attached hydrogen (secondary N) is 1.